The second kappa shape index (κ2) is 7.89. The lowest BCUT2D eigenvalue weighted by molar-refractivity contribution is -0.115. The summed E-state index contributed by atoms with van der Waals surface area (Å²) in [5.74, 6) is 0.474. The molecule has 0 aromatic heterocycles. The first kappa shape index (κ1) is 17.1. The van der Waals surface area contributed by atoms with Crippen LogP contribution in [0.2, 0.25) is 0 Å². The topological polar surface area (TPSA) is 71.0 Å². The van der Waals surface area contributed by atoms with E-state index in [0.29, 0.717) is 37.8 Å². The van der Waals surface area contributed by atoms with E-state index >= 15 is 0 Å². The first-order chi connectivity index (χ1) is 11.6. The molecule has 126 valence electrons. The number of nitrogens with zero attached hydrogens (tertiary/aromatic N) is 2. The summed E-state index contributed by atoms with van der Waals surface area (Å²) in [7, 11) is 0. The van der Waals surface area contributed by atoms with Crippen molar-refractivity contribution in [3.63, 3.8) is 0 Å². The van der Waals surface area contributed by atoms with E-state index in [4.69, 9.17) is 4.74 Å². The highest BCUT2D eigenvalue weighted by molar-refractivity contribution is 14.1. The minimum Gasteiger partial charge on any atom is -0.378 e. The van der Waals surface area contributed by atoms with Crippen LogP contribution in [0.1, 0.15) is 12.8 Å². The van der Waals surface area contributed by atoms with Gasteiger partial charge in [0.2, 0.25) is 5.91 Å². The number of rotatable bonds is 4. The van der Waals surface area contributed by atoms with Gasteiger partial charge in [0.25, 0.3) is 0 Å². The van der Waals surface area contributed by atoms with E-state index in [1.165, 1.54) is 0 Å². The van der Waals surface area contributed by atoms with Gasteiger partial charge in [0.1, 0.15) is 5.82 Å². The van der Waals surface area contributed by atoms with Crippen molar-refractivity contribution in [2.24, 2.45) is 4.99 Å². The molecule has 0 unspecified atom stereocenters. The van der Waals surface area contributed by atoms with Crippen molar-refractivity contribution in [1.29, 1.82) is 0 Å². The number of ether oxygens (including phenoxy) is 1. The molecule has 0 radical (unpaired) electrons. The zero-order valence-electron chi connectivity index (χ0n) is 13.1. The van der Waals surface area contributed by atoms with E-state index in [-0.39, 0.29) is 24.5 Å². The van der Waals surface area contributed by atoms with Crippen molar-refractivity contribution in [3.8, 4) is 0 Å². The highest BCUT2D eigenvalue weighted by Crippen LogP contribution is 2.17. The average Bonchev–Trinajstić information content (AvgIpc) is 2.55. The molecule has 1 aromatic rings. The van der Waals surface area contributed by atoms with Crippen LogP contribution >= 0.6 is 22.6 Å². The van der Waals surface area contributed by atoms with Gasteiger partial charge in [-0.05, 0) is 40.8 Å². The average molecular weight is 439 g/mol. The summed E-state index contributed by atoms with van der Waals surface area (Å²) in [6, 6.07) is 7.58. The summed E-state index contributed by atoms with van der Waals surface area (Å²) in [5, 5.41) is 2.85. The molecule has 0 bridgehead atoms. The maximum absolute atomic E-state index is 12.2. The van der Waals surface area contributed by atoms with Gasteiger partial charge in [-0.25, -0.2) is 4.99 Å². The monoisotopic (exact) mass is 439 g/mol. The molecule has 1 fully saturated rings. The Morgan fingerprint density at radius 2 is 2.12 bits per heavy atom. The van der Waals surface area contributed by atoms with Gasteiger partial charge in [-0.2, -0.15) is 0 Å². The summed E-state index contributed by atoms with van der Waals surface area (Å²) in [4.78, 5) is 30.7. The minimum absolute atomic E-state index is 0.0106. The molecule has 6 nitrogen and oxygen atoms in total. The number of carbonyl (C=O) groups is 2. The Balaban J connectivity index is 1.65. The molecule has 2 aliphatic rings. The lowest BCUT2D eigenvalue weighted by Crippen LogP contribution is -2.36. The molecule has 1 amide bonds. The van der Waals surface area contributed by atoms with Crippen LogP contribution in [0.25, 0.3) is 0 Å². The van der Waals surface area contributed by atoms with Crippen molar-refractivity contribution in [3.05, 3.63) is 39.7 Å². The molecule has 1 N–H and O–H groups in total. The molecule has 0 saturated carbocycles. The summed E-state index contributed by atoms with van der Waals surface area (Å²) >= 11 is 2.19. The number of anilines is 1. The lowest BCUT2D eigenvalue weighted by atomic mass is 10.1. The Bertz CT molecular complexity index is 709. The van der Waals surface area contributed by atoms with Gasteiger partial charge in [0, 0.05) is 40.6 Å². The summed E-state index contributed by atoms with van der Waals surface area (Å²) in [5.41, 5.74) is 1.35. The highest BCUT2D eigenvalue weighted by Gasteiger charge is 2.21. The van der Waals surface area contributed by atoms with E-state index in [9.17, 15) is 9.59 Å². The summed E-state index contributed by atoms with van der Waals surface area (Å²) in [6.45, 7) is 2.68. The van der Waals surface area contributed by atoms with Gasteiger partial charge in [-0.1, -0.05) is 6.07 Å². The third-order valence-corrected chi connectivity index (χ3v) is 4.42. The fourth-order valence-electron chi connectivity index (χ4n) is 2.64. The quantitative estimate of drug-likeness (QED) is 0.731. The molecule has 0 atom stereocenters. The smallest absolute Gasteiger partial charge is 0.230 e. The molecule has 0 aliphatic carbocycles. The fraction of sp³-hybridized carbons (Fsp3) is 0.353. The van der Waals surface area contributed by atoms with Crippen molar-refractivity contribution in [2.45, 2.75) is 12.8 Å². The molecule has 1 saturated heterocycles. The Morgan fingerprint density at radius 3 is 2.88 bits per heavy atom. The molecule has 3 rings (SSSR count). The van der Waals surface area contributed by atoms with Crippen LogP contribution in [-0.4, -0.2) is 48.6 Å². The molecule has 1 aromatic carbocycles. The Kier molecular flexibility index (Phi) is 5.62. The van der Waals surface area contributed by atoms with E-state index in [1.807, 2.05) is 29.2 Å². The predicted molar refractivity (Wildman–Crippen MR) is 99.9 cm³/mol. The number of amides is 1. The standard InChI is InChI=1S/C17H18IN3O3/c18-12-2-1-3-13(8-12)20-17(23)10-14-9-15(22)11-16(19-14)21-4-6-24-7-5-21/h1-3,8,11H,4-7,9-10H2,(H,20,23). The van der Waals surface area contributed by atoms with Crippen LogP contribution in [0.3, 0.4) is 0 Å². The van der Waals surface area contributed by atoms with Gasteiger partial charge in [0.05, 0.1) is 19.6 Å². The molecule has 24 heavy (non-hydrogen) atoms. The van der Waals surface area contributed by atoms with Crippen LogP contribution in [-0.2, 0) is 14.3 Å². The van der Waals surface area contributed by atoms with E-state index in [0.717, 1.165) is 9.26 Å². The van der Waals surface area contributed by atoms with E-state index in [2.05, 4.69) is 32.9 Å². The lowest BCUT2D eigenvalue weighted by Gasteiger charge is -2.30. The molecule has 2 aliphatic heterocycles. The molecule has 0 spiro atoms. The largest absolute Gasteiger partial charge is 0.378 e. The second-order valence-corrected chi connectivity index (χ2v) is 6.90. The van der Waals surface area contributed by atoms with Crippen LogP contribution < -0.4 is 5.32 Å². The van der Waals surface area contributed by atoms with Gasteiger partial charge in [-0.15, -0.1) is 0 Å². The van der Waals surface area contributed by atoms with E-state index in [1.54, 1.807) is 6.08 Å². The number of hydrogen-bond acceptors (Lipinski definition) is 5. The number of carbonyl (C=O) groups excluding carboxylic acids is 2. The number of morpholine rings is 1. The zero-order valence-corrected chi connectivity index (χ0v) is 15.3. The Morgan fingerprint density at radius 1 is 1.33 bits per heavy atom. The van der Waals surface area contributed by atoms with Gasteiger partial charge in [-0.3, -0.25) is 9.59 Å². The Hall–Kier alpha value is -1.74. The Labute approximate surface area is 154 Å². The summed E-state index contributed by atoms with van der Waals surface area (Å²) < 4.78 is 6.37. The van der Waals surface area contributed by atoms with Crippen molar-refractivity contribution in [2.75, 3.05) is 31.6 Å². The SMILES string of the molecule is O=C1C=C(N2CCOCC2)N=C(CC(=O)Nc2cccc(I)c2)C1. The zero-order chi connectivity index (χ0) is 16.9. The number of hydrogen-bond donors (Lipinski definition) is 1. The van der Waals surface area contributed by atoms with E-state index < -0.39 is 0 Å². The van der Waals surface area contributed by atoms with Gasteiger partial charge in [0.15, 0.2) is 5.78 Å². The second-order valence-electron chi connectivity index (χ2n) is 5.66. The molecular weight excluding hydrogens is 421 g/mol. The van der Waals surface area contributed by atoms with Crippen LogP contribution in [0.4, 0.5) is 5.69 Å². The number of ketones is 1. The summed E-state index contributed by atoms with van der Waals surface area (Å²) in [6.07, 6.45) is 1.89. The van der Waals surface area contributed by atoms with Crippen LogP contribution in [0.15, 0.2) is 41.2 Å². The van der Waals surface area contributed by atoms with Gasteiger partial charge >= 0.3 is 0 Å². The maximum atomic E-state index is 12.2. The number of aliphatic imine (C=N–C) groups is 1. The van der Waals surface area contributed by atoms with Crippen LogP contribution in [0.5, 0.6) is 0 Å². The van der Waals surface area contributed by atoms with Gasteiger partial charge < -0.3 is 15.0 Å². The number of benzene rings is 1. The number of halogens is 1. The highest BCUT2D eigenvalue weighted by atomic mass is 127. The number of nitrogens with one attached hydrogen (secondary N) is 1. The predicted octanol–water partition coefficient (Wildman–Crippen LogP) is 2.21. The maximum Gasteiger partial charge on any atom is 0.230 e. The van der Waals surface area contributed by atoms with Crippen LogP contribution in [0, 0.1) is 3.57 Å². The van der Waals surface area contributed by atoms with Crippen molar-refractivity contribution >= 4 is 45.7 Å². The molecule has 7 heteroatoms. The minimum atomic E-state index is -0.160. The molecule has 2 heterocycles. The first-order valence-corrected chi connectivity index (χ1v) is 8.87. The fourth-order valence-corrected chi connectivity index (χ4v) is 3.19. The number of allylic oxidation sites excluding steroid dienone is 1. The third-order valence-electron chi connectivity index (χ3n) is 3.75. The normalized spacial score (nSPS) is 18.0. The van der Waals surface area contributed by atoms with Crippen molar-refractivity contribution < 1.29 is 14.3 Å². The van der Waals surface area contributed by atoms with Crippen molar-refractivity contribution in [1.82, 2.24) is 4.90 Å². The molecular formula is C17H18IN3O3. The third kappa shape index (κ3) is 4.64. The first-order valence-electron chi connectivity index (χ1n) is 7.79.